The van der Waals surface area contributed by atoms with Crippen LogP contribution in [0.1, 0.15) is 11.3 Å². The fourth-order valence-corrected chi connectivity index (χ4v) is 4.19. The predicted octanol–water partition coefficient (Wildman–Crippen LogP) is 1.67. The molecule has 0 bridgehead atoms. The largest absolute Gasteiger partial charge is 0.359 e. The van der Waals surface area contributed by atoms with Crippen molar-refractivity contribution >= 4 is 22.7 Å². The van der Waals surface area contributed by atoms with Gasteiger partial charge in [-0.2, -0.15) is 4.39 Å². The monoisotopic (exact) mass is 489 g/mol. The number of rotatable bonds is 7. The van der Waals surface area contributed by atoms with Gasteiger partial charge in [0, 0.05) is 24.2 Å². The number of benzene rings is 1. The van der Waals surface area contributed by atoms with E-state index in [0.29, 0.717) is 23.7 Å². The zero-order chi connectivity index (χ0) is 25.1. The Morgan fingerprint density at radius 1 is 1.17 bits per heavy atom. The van der Waals surface area contributed by atoms with E-state index in [9.17, 15) is 14.0 Å². The highest BCUT2D eigenvalue weighted by molar-refractivity contribution is 5.88. The Kier molecular flexibility index (Phi) is 6.65. The molecule has 2 amide bonds. The van der Waals surface area contributed by atoms with E-state index < -0.39 is 12.1 Å². The van der Waals surface area contributed by atoms with Crippen molar-refractivity contribution in [2.75, 3.05) is 19.6 Å². The molecule has 0 radical (unpaired) electrons. The third-order valence-electron chi connectivity index (χ3n) is 6.00. The van der Waals surface area contributed by atoms with E-state index >= 15 is 0 Å². The normalized spacial score (nSPS) is 16.1. The Hall–Kier alpha value is -4.22. The molecule has 1 aliphatic rings. The van der Waals surface area contributed by atoms with Crippen molar-refractivity contribution in [3.63, 3.8) is 0 Å². The van der Waals surface area contributed by atoms with Gasteiger partial charge in [0.2, 0.25) is 17.8 Å². The fraction of sp³-hybridized carbons (Fsp3) is 0.240. The van der Waals surface area contributed by atoms with E-state index in [-0.39, 0.29) is 38.0 Å². The number of hydrogen-bond donors (Lipinski definition) is 2. The minimum Gasteiger partial charge on any atom is -0.359 e. The van der Waals surface area contributed by atoms with Gasteiger partial charge < -0.3 is 25.4 Å². The summed E-state index contributed by atoms with van der Waals surface area (Å²) in [7, 11) is 0. The molecule has 184 valence electrons. The molecule has 36 heavy (non-hydrogen) atoms. The smallest absolute Gasteiger partial charge is 0.242 e. The van der Waals surface area contributed by atoms with Crippen LogP contribution < -0.4 is 11.1 Å². The zero-order valence-corrected chi connectivity index (χ0v) is 19.3. The SMILES string of the molecule is NC1CN(Cc2cccc3ncccc23)C(=O)CN1C(=O)CNCc1cc(-c2cccc(F)n2)no1. The summed E-state index contributed by atoms with van der Waals surface area (Å²) in [6.45, 7) is 0.704. The summed E-state index contributed by atoms with van der Waals surface area (Å²) in [4.78, 5) is 36.8. The van der Waals surface area contributed by atoms with E-state index in [0.717, 1.165) is 16.5 Å². The molecule has 4 heterocycles. The average molecular weight is 490 g/mol. The first-order chi connectivity index (χ1) is 17.5. The number of halogens is 1. The van der Waals surface area contributed by atoms with Crippen LogP contribution in [0.5, 0.6) is 0 Å². The van der Waals surface area contributed by atoms with Crippen LogP contribution in [0.4, 0.5) is 4.39 Å². The van der Waals surface area contributed by atoms with Crippen molar-refractivity contribution in [1.82, 2.24) is 30.2 Å². The highest BCUT2D eigenvalue weighted by atomic mass is 19.1. The highest BCUT2D eigenvalue weighted by Crippen LogP contribution is 2.20. The maximum Gasteiger partial charge on any atom is 0.242 e. The number of hydrogen-bond acceptors (Lipinski definition) is 8. The molecule has 1 fully saturated rings. The lowest BCUT2D eigenvalue weighted by molar-refractivity contribution is -0.148. The molecular weight excluding hydrogens is 465 g/mol. The van der Waals surface area contributed by atoms with Crippen LogP contribution in [-0.2, 0) is 22.7 Å². The Balaban J connectivity index is 1.15. The Morgan fingerprint density at radius 3 is 2.89 bits per heavy atom. The van der Waals surface area contributed by atoms with Gasteiger partial charge in [0.1, 0.15) is 12.2 Å². The van der Waals surface area contributed by atoms with Gasteiger partial charge in [0.15, 0.2) is 5.76 Å². The zero-order valence-electron chi connectivity index (χ0n) is 19.3. The number of amides is 2. The van der Waals surface area contributed by atoms with Gasteiger partial charge in [0.05, 0.1) is 37.0 Å². The molecule has 1 aliphatic heterocycles. The third-order valence-corrected chi connectivity index (χ3v) is 6.00. The fourth-order valence-electron chi connectivity index (χ4n) is 4.19. The number of carbonyl (C=O) groups is 2. The van der Waals surface area contributed by atoms with Gasteiger partial charge in [-0.3, -0.25) is 14.6 Å². The van der Waals surface area contributed by atoms with Gasteiger partial charge in [-0.25, -0.2) is 4.98 Å². The molecule has 3 aromatic heterocycles. The van der Waals surface area contributed by atoms with Gasteiger partial charge in [0.25, 0.3) is 0 Å². The quantitative estimate of drug-likeness (QED) is 0.375. The minimum atomic E-state index is -0.624. The summed E-state index contributed by atoms with van der Waals surface area (Å²) in [5.41, 5.74) is 8.84. The average Bonchev–Trinajstić information content (AvgIpc) is 3.35. The minimum absolute atomic E-state index is 0.0375. The number of nitrogens with zero attached hydrogens (tertiary/aromatic N) is 5. The Bertz CT molecular complexity index is 1400. The van der Waals surface area contributed by atoms with Crippen LogP contribution >= 0.6 is 0 Å². The summed E-state index contributed by atoms with van der Waals surface area (Å²) >= 11 is 0. The molecular formula is C25H24FN7O3. The van der Waals surface area contributed by atoms with Crippen LogP contribution in [0.2, 0.25) is 0 Å². The van der Waals surface area contributed by atoms with Gasteiger partial charge >= 0.3 is 0 Å². The van der Waals surface area contributed by atoms with Crippen molar-refractivity contribution in [1.29, 1.82) is 0 Å². The maximum absolute atomic E-state index is 13.3. The van der Waals surface area contributed by atoms with Crippen molar-refractivity contribution < 1.29 is 18.5 Å². The standard InChI is InChI=1S/C25H24FN7O3/c26-22-8-2-7-20(30-22)21-10-17(36-31-21)11-28-12-24(34)33-15-25(35)32(14-23(33)27)13-16-4-1-6-19-18(16)5-3-9-29-19/h1-10,23,28H,11-15,27H2. The topological polar surface area (TPSA) is 130 Å². The first-order valence-electron chi connectivity index (χ1n) is 11.4. The molecule has 1 atom stereocenters. The van der Waals surface area contributed by atoms with E-state index in [1.165, 1.54) is 17.0 Å². The first kappa shape index (κ1) is 23.5. The van der Waals surface area contributed by atoms with Crippen molar-refractivity contribution in [2.24, 2.45) is 5.73 Å². The van der Waals surface area contributed by atoms with Gasteiger partial charge in [-0.1, -0.05) is 29.4 Å². The van der Waals surface area contributed by atoms with Gasteiger partial charge in [-0.15, -0.1) is 0 Å². The molecule has 0 aliphatic carbocycles. The molecule has 1 aromatic carbocycles. The molecule has 1 unspecified atom stereocenters. The lowest BCUT2D eigenvalue weighted by Crippen LogP contribution is -2.62. The number of aromatic nitrogens is 3. The summed E-state index contributed by atoms with van der Waals surface area (Å²) in [5, 5.41) is 7.84. The van der Waals surface area contributed by atoms with Crippen LogP contribution in [0.3, 0.4) is 0 Å². The number of nitrogens with two attached hydrogens (primary N) is 1. The molecule has 0 saturated carbocycles. The summed E-state index contributed by atoms with van der Waals surface area (Å²) in [6.07, 6.45) is 1.11. The molecule has 1 saturated heterocycles. The summed E-state index contributed by atoms with van der Waals surface area (Å²) in [6, 6.07) is 15.7. The van der Waals surface area contributed by atoms with Crippen LogP contribution in [0, 0.1) is 5.95 Å². The second-order valence-corrected chi connectivity index (χ2v) is 8.48. The number of carbonyl (C=O) groups excluding carboxylic acids is 2. The maximum atomic E-state index is 13.3. The van der Waals surface area contributed by atoms with Crippen LogP contribution in [0.25, 0.3) is 22.3 Å². The Morgan fingerprint density at radius 2 is 2.03 bits per heavy atom. The van der Waals surface area contributed by atoms with Crippen molar-refractivity contribution in [2.45, 2.75) is 19.3 Å². The first-order valence-corrected chi connectivity index (χ1v) is 11.4. The van der Waals surface area contributed by atoms with E-state index in [2.05, 4.69) is 20.4 Å². The molecule has 11 heteroatoms. The number of pyridine rings is 2. The van der Waals surface area contributed by atoms with Crippen LogP contribution in [0.15, 0.2) is 65.3 Å². The Labute approximate surface area is 205 Å². The second-order valence-electron chi connectivity index (χ2n) is 8.48. The molecule has 0 spiro atoms. The van der Waals surface area contributed by atoms with E-state index in [4.69, 9.17) is 10.3 Å². The molecule has 3 N–H and O–H groups in total. The lowest BCUT2D eigenvalue weighted by atomic mass is 10.1. The molecule has 5 rings (SSSR count). The summed E-state index contributed by atoms with van der Waals surface area (Å²) < 4.78 is 18.6. The third kappa shape index (κ3) is 5.07. The van der Waals surface area contributed by atoms with Crippen molar-refractivity contribution in [3.05, 3.63) is 78.1 Å². The number of nitrogens with one attached hydrogen (secondary N) is 1. The van der Waals surface area contributed by atoms with E-state index in [1.807, 2.05) is 30.3 Å². The number of piperazine rings is 1. The van der Waals surface area contributed by atoms with Crippen LogP contribution in [-0.4, -0.2) is 62.5 Å². The van der Waals surface area contributed by atoms with Gasteiger partial charge in [-0.05, 0) is 29.8 Å². The second kappa shape index (κ2) is 10.2. The number of fused-ring (bicyclic) bond motifs is 1. The lowest BCUT2D eigenvalue weighted by Gasteiger charge is -2.39. The molecule has 4 aromatic rings. The summed E-state index contributed by atoms with van der Waals surface area (Å²) in [5.74, 6) is -0.621. The molecule has 10 nitrogen and oxygen atoms in total. The highest BCUT2D eigenvalue weighted by Gasteiger charge is 2.32. The van der Waals surface area contributed by atoms with E-state index in [1.54, 1.807) is 23.2 Å². The van der Waals surface area contributed by atoms with Crippen molar-refractivity contribution in [3.8, 4) is 11.4 Å². The predicted molar refractivity (Wildman–Crippen MR) is 128 cm³/mol.